The Morgan fingerprint density at radius 3 is 2.28 bits per heavy atom. The van der Waals surface area contributed by atoms with E-state index in [9.17, 15) is 22.8 Å². The molecule has 2 aliphatic heterocycles. The third-order valence-corrected chi connectivity index (χ3v) is 6.96. The van der Waals surface area contributed by atoms with Crippen LogP contribution in [0.1, 0.15) is 11.1 Å². The van der Waals surface area contributed by atoms with Crippen LogP contribution in [-0.2, 0) is 26.2 Å². The number of nitrogens with zero attached hydrogens (tertiary/aromatic N) is 2. The SMILES string of the molecule is O=C1CNC(C(=O)CN2CCOCC2)(c2cccc(C(F)(F)F)c2)N1c1ccc(Oc2ccc(Cl)cc2)cc1. The number of hydrogen-bond acceptors (Lipinski definition) is 6. The first kappa shape index (κ1) is 27.1. The predicted molar refractivity (Wildman–Crippen MR) is 139 cm³/mol. The Hall–Kier alpha value is -3.44. The fourth-order valence-corrected chi connectivity index (χ4v) is 4.93. The van der Waals surface area contributed by atoms with Crippen molar-refractivity contribution >= 4 is 29.0 Å². The second-order valence-corrected chi connectivity index (χ2v) is 9.67. The average Bonchev–Trinajstić information content (AvgIpc) is 3.28. The molecule has 1 atom stereocenters. The number of ketones is 1. The van der Waals surface area contributed by atoms with Crippen molar-refractivity contribution < 1.29 is 32.2 Å². The molecular weight excluding hydrogens is 535 g/mol. The van der Waals surface area contributed by atoms with Crippen LogP contribution in [0.4, 0.5) is 18.9 Å². The van der Waals surface area contributed by atoms with Gasteiger partial charge in [0.05, 0.1) is 31.9 Å². The monoisotopic (exact) mass is 559 g/mol. The molecular formula is C28H25ClF3N3O4. The molecule has 0 aliphatic carbocycles. The van der Waals surface area contributed by atoms with Crippen molar-refractivity contribution in [2.45, 2.75) is 11.8 Å². The van der Waals surface area contributed by atoms with E-state index in [1.54, 1.807) is 48.5 Å². The van der Waals surface area contributed by atoms with E-state index in [0.717, 1.165) is 12.1 Å². The zero-order valence-electron chi connectivity index (χ0n) is 20.7. The molecule has 1 unspecified atom stereocenters. The van der Waals surface area contributed by atoms with E-state index in [1.807, 2.05) is 4.90 Å². The number of amides is 1. The van der Waals surface area contributed by atoms with Crippen LogP contribution in [0.3, 0.4) is 0 Å². The highest BCUT2D eigenvalue weighted by atomic mass is 35.5. The zero-order chi connectivity index (χ0) is 27.6. The maximum Gasteiger partial charge on any atom is 0.416 e. The second-order valence-electron chi connectivity index (χ2n) is 9.23. The highest BCUT2D eigenvalue weighted by Gasteiger charge is 2.53. The molecule has 0 saturated carbocycles. The first-order chi connectivity index (χ1) is 18.7. The molecule has 0 bridgehead atoms. The van der Waals surface area contributed by atoms with E-state index in [0.29, 0.717) is 48.5 Å². The molecule has 3 aromatic rings. The van der Waals surface area contributed by atoms with Crippen LogP contribution >= 0.6 is 11.6 Å². The van der Waals surface area contributed by atoms with Gasteiger partial charge in [-0.15, -0.1) is 0 Å². The highest BCUT2D eigenvalue weighted by molar-refractivity contribution is 6.30. The van der Waals surface area contributed by atoms with Gasteiger partial charge in [0.15, 0.2) is 11.4 Å². The van der Waals surface area contributed by atoms with Crippen LogP contribution in [0.25, 0.3) is 0 Å². The minimum absolute atomic E-state index is 0.0305. The minimum atomic E-state index is -4.63. The van der Waals surface area contributed by atoms with Crippen LogP contribution in [0, 0.1) is 0 Å². The molecule has 2 heterocycles. The van der Waals surface area contributed by atoms with Gasteiger partial charge >= 0.3 is 6.18 Å². The van der Waals surface area contributed by atoms with Crippen molar-refractivity contribution in [3.8, 4) is 11.5 Å². The molecule has 204 valence electrons. The highest BCUT2D eigenvalue weighted by Crippen LogP contribution is 2.39. The van der Waals surface area contributed by atoms with E-state index in [4.69, 9.17) is 21.1 Å². The molecule has 2 fully saturated rings. The molecule has 11 heteroatoms. The van der Waals surface area contributed by atoms with E-state index >= 15 is 0 Å². The minimum Gasteiger partial charge on any atom is -0.457 e. The van der Waals surface area contributed by atoms with Gasteiger partial charge in [-0.25, -0.2) is 0 Å². The number of rotatable bonds is 7. The van der Waals surface area contributed by atoms with Gasteiger partial charge in [0.25, 0.3) is 0 Å². The first-order valence-electron chi connectivity index (χ1n) is 12.3. The van der Waals surface area contributed by atoms with Crippen LogP contribution in [0.15, 0.2) is 72.8 Å². The lowest BCUT2D eigenvalue weighted by molar-refractivity contribution is -0.138. The summed E-state index contributed by atoms with van der Waals surface area (Å²) in [6.45, 7) is 1.57. The molecule has 1 N–H and O–H groups in total. The molecule has 3 aromatic carbocycles. The van der Waals surface area contributed by atoms with Gasteiger partial charge in [0.1, 0.15) is 11.5 Å². The number of morpholine rings is 1. The summed E-state index contributed by atoms with van der Waals surface area (Å²) < 4.78 is 52.2. The molecule has 2 aliphatic rings. The van der Waals surface area contributed by atoms with Gasteiger partial charge in [0, 0.05) is 29.4 Å². The molecule has 0 aromatic heterocycles. The summed E-state index contributed by atoms with van der Waals surface area (Å²) in [5.41, 5.74) is -2.38. The van der Waals surface area contributed by atoms with Crippen LogP contribution in [-0.4, -0.2) is 56.0 Å². The molecule has 2 saturated heterocycles. The third kappa shape index (κ3) is 5.65. The number of Topliss-reactive ketones (excluding diaryl/α,β-unsaturated/α-hetero) is 1. The number of carbonyl (C=O) groups is 2. The van der Waals surface area contributed by atoms with Crippen molar-refractivity contribution in [3.63, 3.8) is 0 Å². The molecule has 0 spiro atoms. The zero-order valence-corrected chi connectivity index (χ0v) is 21.5. The third-order valence-electron chi connectivity index (χ3n) is 6.71. The Bertz CT molecular complexity index is 1350. The van der Waals surface area contributed by atoms with Gasteiger partial charge in [-0.1, -0.05) is 23.7 Å². The van der Waals surface area contributed by atoms with Crippen molar-refractivity contribution in [1.29, 1.82) is 0 Å². The molecule has 0 radical (unpaired) electrons. The number of anilines is 1. The largest absolute Gasteiger partial charge is 0.457 e. The van der Waals surface area contributed by atoms with Crippen molar-refractivity contribution in [2.24, 2.45) is 0 Å². The number of alkyl halides is 3. The normalized spacial score (nSPS) is 20.3. The van der Waals surface area contributed by atoms with Gasteiger partial charge in [-0.3, -0.25) is 24.7 Å². The van der Waals surface area contributed by atoms with Crippen molar-refractivity contribution in [2.75, 3.05) is 44.3 Å². The average molecular weight is 560 g/mol. The summed E-state index contributed by atoms with van der Waals surface area (Å²) in [5, 5.41) is 3.53. The number of carbonyl (C=O) groups excluding carboxylic acids is 2. The number of nitrogens with one attached hydrogen (secondary N) is 1. The molecule has 5 rings (SSSR count). The summed E-state index contributed by atoms with van der Waals surface area (Å²) in [6, 6.07) is 17.8. The summed E-state index contributed by atoms with van der Waals surface area (Å²) in [4.78, 5) is 30.4. The van der Waals surface area contributed by atoms with Crippen LogP contribution in [0.5, 0.6) is 11.5 Å². The lowest BCUT2D eigenvalue weighted by atomic mass is 9.91. The number of ether oxygens (including phenoxy) is 2. The van der Waals surface area contributed by atoms with E-state index in [2.05, 4.69) is 5.32 Å². The topological polar surface area (TPSA) is 71.1 Å². The molecule has 39 heavy (non-hydrogen) atoms. The molecule has 1 amide bonds. The van der Waals surface area contributed by atoms with Crippen molar-refractivity contribution in [1.82, 2.24) is 10.2 Å². The van der Waals surface area contributed by atoms with Gasteiger partial charge in [-0.05, 0) is 60.7 Å². The fraction of sp³-hybridized carbons (Fsp3) is 0.286. The fourth-order valence-electron chi connectivity index (χ4n) is 4.80. The summed E-state index contributed by atoms with van der Waals surface area (Å²) in [7, 11) is 0. The lowest BCUT2D eigenvalue weighted by Crippen LogP contribution is -2.59. The van der Waals surface area contributed by atoms with Crippen LogP contribution in [0.2, 0.25) is 5.02 Å². The summed E-state index contributed by atoms with van der Waals surface area (Å²) >= 11 is 5.92. The van der Waals surface area contributed by atoms with E-state index in [1.165, 1.54) is 17.0 Å². The Labute approximate surface area is 228 Å². The van der Waals surface area contributed by atoms with Gasteiger partial charge < -0.3 is 9.47 Å². The number of benzene rings is 3. The number of halogens is 4. The Morgan fingerprint density at radius 1 is 1.00 bits per heavy atom. The molecule has 7 nitrogen and oxygen atoms in total. The lowest BCUT2D eigenvalue weighted by Gasteiger charge is -2.39. The predicted octanol–water partition coefficient (Wildman–Crippen LogP) is 4.84. The maximum absolute atomic E-state index is 14.0. The van der Waals surface area contributed by atoms with Gasteiger partial charge in [-0.2, -0.15) is 13.2 Å². The summed E-state index contributed by atoms with van der Waals surface area (Å²) in [6.07, 6.45) is -4.63. The standard InChI is InChI=1S/C28H25ClF3N3O4/c29-21-4-8-23(9-5-21)39-24-10-6-22(7-11-24)35-26(37)17-33-27(35,25(36)18-34-12-14-38-15-13-34)19-2-1-3-20(16-19)28(30,31)32/h1-11,16,33H,12-15,17-18H2. The summed E-state index contributed by atoms with van der Waals surface area (Å²) in [5.74, 6) is 0.111. The van der Waals surface area contributed by atoms with Crippen LogP contribution < -0.4 is 15.0 Å². The van der Waals surface area contributed by atoms with E-state index < -0.39 is 29.1 Å². The Morgan fingerprint density at radius 2 is 1.64 bits per heavy atom. The van der Waals surface area contributed by atoms with Crippen molar-refractivity contribution in [3.05, 3.63) is 88.9 Å². The Kier molecular flexibility index (Phi) is 7.64. The second kappa shape index (κ2) is 11.0. The van der Waals surface area contributed by atoms with Gasteiger partial charge in [0.2, 0.25) is 5.91 Å². The quantitative estimate of drug-likeness (QED) is 0.447. The maximum atomic E-state index is 14.0. The number of hydrogen-bond donors (Lipinski definition) is 1. The smallest absolute Gasteiger partial charge is 0.416 e. The Balaban J connectivity index is 1.53. The van der Waals surface area contributed by atoms with E-state index in [-0.39, 0.29) is 18.7 Å². The first-order valence-corrected chi connectivity index (χ1v) is 12.7.